The topological polar surface area (TPSA) is 61.9 Å². The van der Waals surface area contributed by atoms with E-state index >= 15 is 0 Å². The zero-order valence-corrected chi connectivity index (χ0v) is 15.4. The molecule has 0 fully saturated rings. The Hall–Kier alpha value is -1.66. The third kappa shape index (κ3) is 20.3. The molecular formula is C17H33N3O3. The van der Waals surface area contributed by atoms with Crippen molar-refractivity contribution >= 4 is 11.9 Å². The van der Waals surface area contributed by atoms with Crippen molar-refractivity contribution < 1.29 is 14.3 Å². The number of hydrogen-bond donors (Lipinski definition) is 1. The van der Waals surface area contributed by atoms with Gasteiger partial charge in [-0.15, -0.1) is 0 Å². The van der Waals surface area contributed by atoms with Gasteiger partial charge in [0.25, 0.3) is 0 Å². The summed E-state index contributed by atoms with van der Waals surface area (Å²) in [5.41, 5.74) is 0.458. The fourth-order valence-electron chi connectivity index (χ4n) is 1.35. The standard InChI is InChI=1S/C9H17NO2.C8H16N2O/c1-8(2)9(11)12-7-5-6-10(3)4;1-4-8(11)9-6-5-7-10(2)3/h1,5-7H2,2-4H3;4H,1,5-7H2,2-3H3,(H,9,11). The van der Waals surface area contributed by atoms with Crippen molar-refractivity contribution in [1.82, 2.24) is 15.1 Å². The molecule has 0 aliphatic carbocycles. The Morgan fingerprint density at radius 3 is 2.04 bits per heavy atom. The van der Waals surface area contributed by atoms with E-state index in [1.54, 1.807) is 6.92 Å². The number of carbonyl (C=O) groups excluding carboxylic acids is 2. The molecule has 0 saturated heterocycles. The monoisotopic (exact) mass is 327 g/mol. The van der Waals surface area contributed by atoms with Crippen LogP contribution in [-0.2, 0) is 14.3 Å². The molecule has 0 heterocycles. The van der Waals surface area contributed by atoms with Crippen LogP contribution in [0.4, 0.5) is 0 Å². The first-order chi connectivity index (χ1) is 10.7. The van der Waals surface area contributed by atoms with Gasteiger partial charge in [-0.3, -0.25) is 4.79 Å². The minimum Gasteiger partial charge on any atom is -0.462 e. The number of rotatable bonds is 10. The maximum Gasteiger partial charge on any atom is 0.333 e. The average Bonchev–Trinajstić information content (AvgIpc) is 2.47. The van der Waals surface area contributed by atoms with Crippen LogP contribution in [0.1, 0.15) is 19.8 Å². The van der Waals surface area contributed by atoms with Gasteiger partial charge in [0.1, 0.15) is 0 Å². The summed E-state index contributed by atoms with van der Waals surface area (Å²) in [5.74, 6) is -0.391. The molecule has 0 spiro atoms. The maximum atomic E-state index is 10.9. The molecule has 0 aliphatic heterocycles. The number of carbonyl (C=O) groups is 2. The quantitative estimate of drug-likeness (QED) is 0.372. The van der Waals surface area contributed by atoms with E-state index in [0.29, 0.717) is 12.2 Å². The molecular weight excluding hydrogens is 294 g/mol. The van der Waals surface area contributed by atoms with Crippen LogP contribution in [0.25, 0.3) is 0 Å². The molecule has 1 N–H and O–H groups in total. The van der Waals surface area contributed by atoms with Crippen molar-refractivity contribution in [2.24, 2.45) is 0 Å². The van der Waals surface area contributed by atoms with Gasteiger partial charge in [-0.25, -0.2) is 4.79 Å². The summed E-state index contributed by atoms with van der Waals surface area (Å²) < 4.78 is 4.89. The van der Waals surface area contributed by atoms with Crippen LogP contribution in [0.5, 0.6) is 0 Å². The van der Waals surface area contributed by atoms with E-state index in [1.165, 1.54) is 6.08 Å². The van der Waals surface area contributed by atoms with Crippen LogP contribution >= 0.6 is 0 Å². The van der Waals surface area contributed by atoms with Crippen molar-refractivity contribution in [3.63, 3.8) is 0 Å². The van der Waals surface area contributed by atoms with Crippen molar-refractivity contribution in [3.05, 3.63) is 24.8 Å². The molecule has 134 valence electrons. The van der Waals surface area contributed by atoms with Gasteiger partial charge in [0, 0.05) is 18.7 Å². The van der Waals surface area contributed by atoms with Gasteiger partial charge in [0.15, 0.2) is 0 Å². The lowest BCUT2D eigenvalue weighted by atomic mass is 10.3. The van der Waals surface area contributed by atoms with Gasteiger partial charge in [0.2, 0.25) is 5.91 Å². The number of ether oxygens (including phenoxy) is 1. The Kier molecular flexibility index (Phi) is 15.6. The first-order valence-electron chi connectivity index (χ1n) is 7.73. The summed E-state index contributed by atoms with van der Waals surface area (Å²) >= 11 is 0. The molecule has 0 aromatic rings. The lowest BCUT2D eigenvalue weighted by molar-refractivity contribution is -0.139. The Morgan fingerprint density at radius 2 is 1.61 bits per heavy atom. The Morgan fingerprint density at radius 1 is 1.09 bits per heavy atom. The molecule has 6 nitrogen and oxygen atoms in total. The van der Waals surface area contributed by atoms with E-state index in [-0.39, 0.29) is 11.9 Å². The Balaban J connectivity index is 0. The lowest BCUT2D eigenvalue weighted by Crippen LogP contribution is -2.25. The van der Waals surface area contributed by atoms with Gasteiger partial charge in [-0.2, -0.15) is 0 Å². The fourth-order valence-corrected chi connectivity index (χ4v) is 1.35. The van der Waals surface area contributed by atoms with Crippen molar-refractivity contribution in [3.8, 4) is 0 Å². The predicted octanol–water partition coefficient (Wildman–Crippen LogP) is 1.30. The summed E-state index contributed by atoms with van der Waals surface area (Å²) in [6.45, 7) is 11.6. The van der Waals surface area contributed by atoms with Crippen molar-refractivity contribution in [2.75, 3.05) is 54.4 Å². The molecule has 0 aromatic carbocycles. The number of esters is 1. The van der Waals surface area contributed by atoms with E-state index in [1.807, 2.05) is 28.2 Å². The number of nitrogens with zero attached hydrogens (tertiary/aromatic N) is 2. The van der Waals surface area contributed by atoms with Gasteiger partial charge in [-0.1, -0.05) is 13.2 Å². The van der Waals surface area contributed by atoms with Crippen LogP contribution < -0.4 is 5.32 Å². The minimum atomic E-state index is -0.297. The Bertz CT molecular complexity index is 366. The van der Waals surface area contributed by atoms with Crippen LogP contribution in [-0.4, -0.2) is 76.1 Å². The van der Waals surface area contributed by atoms with Crippen molar-refractivity contribution in [2.45, 2.75) is 19.8 Å². The Labute approximate surface area is 141 Å². The highest BCUT2D eigenvalue weighted by Crippen LogP contribution is 1.93. The molecule has 0 radical (unpaired) electrons. The van der Waals surface area contributed by atoms with Gasteiger partial charge >= 0.3 is 5.97 Å². The third-order valence-corrected chi connectivity index (χ3v) is 2.60. The molecule has 23 heavy (non-hydrogen) atoms. The highest BCUT2D eigenvalue weighted by atomic mass is 16.5. The summed E-state index contributed by atoms with van der Waals surface area (Å²) in [5, 5.41) is 2.70. The van der Waals surface area contributed by atoms with Gasteiger partial charge in [-0.05, 0) is 60.6 Å². The second-order valence-corrected chi connectivity index (χ2v) is 5.73. The van der Waals surface area contributed by atoms with E-state index in [0.717, 1.165) is 32.5 Å². The first-order valence-corrected chi connectivity index (χ1v) is 7.73. The highest BCUT2D eigenvalue weighted by Gasteiger charge is 2.01. The number of amides is 1. The van der Waals surface area contributed by atoms with Crippen LogP contribution in [0.15, 0.2) is 24.8 Å². The molecule has 0 saturated carbocycles. The summed E-state index contributed by atoms with van der Waals surface area (Å²) in [6.07, 6.45) is 3.13. The zero-order valence-electron chi connectivity index (χ0n) is 15.4. The maximum absolute atomic E-state index is 10.9. The summed E-state index contributed by atoms with van der Waals surface area (Å²) in [4.78, 5) is 25.6. The van der Waals surface area contributed by atoms with E-state index in [9.17, 15) is 9.59 Å². The normalized spacial score (nSPS) is 9.87. The van der Waals surface area contributed by atoms with Gasteiger partial charge < -0.3 is 19.9 Å². The molecule has 0 unspecified atom stereocenters. The SMILES string of the molecule is C=C(C)C(=O)OCCCN(C)C.C=CC(=O)NCCCN(C)C. The lowest BCUT2D eigenvalue weighted by Gasteiger charge is -2.09. The fraction of sp³-hybridized carbons (Fsp3) is 0.647. The number of nitrogens with one attached hydrogen (secondary N) is 1. The van der Waals surface area contributed by atoms with E-state index in [2.05, 4.69) is 28.3 Å². The predicted molar refractivity (Wildman–Crippen MR) is 95.3 cm³/mol. The molecule has 6 heteroatoms. The van der Waals surface area contributed by atoms with Crippen LogP contribution in [0.3, 0.4) is 0 Å². The summed E-state index contributed by atoms with van der Waals surface area (Å²) in [6, 6.07) is 0. The number of hydrogen-bond acceptors (Lipinski definition) is 5. The molecule has 0 aromatic heterocycles. The van der Waals surface area contributed by atoms with E-state index in [4.69, 9.17) is 4.74 Å². The zero-order chi connectivity index (χ0) is 18.3. The van der Waals surface area contributed by atoms with Crippen LogP contribution in [0, 0.1) is 0 Å². The van der Waals surface area contributed by atoms with E-state index < -0.39 is 0 Å². The van der Waals surface area contributed by atoms with Crippen LogP contribution in [0.2, 0.25) is 0 Å². The second-order valence-electron chi connectivity index (χ2n) is 5.73. The third-order valence-electron chi connectivity index (χ3n) is 2.60. The average molecular weight is 327 g/mol. The molecule has 1 amide bonds. The molecule has 0 rings (SSSR count). The molecule has 0 bridgehead atoms. The van der Waals surface area contributed by atoms with Crippen molar-refractivity contribution in [1.29, 1.82) is 0 Å². The molecule has 0 atom stereocenters. The second kappa shape index (κ2) is 15.2. The smallest absolute Gasteiger partial charge is 0.333 e. The first kappa shape index (κ1) is 23.6. The largest absolute Gasteiger partial charge is 0.462 e. The minimum absolute atomic E-state index is 0.0937. The highest BCUT2D eigenvalue weighted by molar-refractivity contribution is 5.87. The molecule has 0 aliphatic rings. The summed E-state index contributed by atoms with van der Waals surface area (Å²) in [7, 11) is 7.99. The van der Waals surface area contributed by atoms with Gasteiger partial charge in [0.05, 0.1) is 6.61 Å².